The van der Waals surface area contributed by atoms with E-state index in [0.717, 1.165) is 31.6 Å². The molecule has 0 radical (unpaired) electrons. The lowest BCUT2D eigenvalue weighted by Gasteiger charge is -2.31. The summed E-state index contributed by atoms with van der Waals surface area (Å²) in [4.78, 5) is 14.5. The number of carbonyl (C=O) groups is 1. The second-order valence-electron chi connectivity index (χ2n) is 7.15. The number of nitrogens with one attached hydrogen (secondary N) is 1. The summed E-state index contributed by atoms with van der Waals surface area (Å²) >= 11 is 0. The van der Waals surface area contributed by atoms with Gasteiger partial charge in [0.05, 0.1) is 29.8 Å². The Morgan fingerprint density at radius 1 is 1.44 bits per heavy atom. The van der Waals surface area contributed by atoms with Crippen molar-refractivity contribution < 1.29 is 18.3 Å². The molecule has 1 aromatic rings. The third kappa shape index (κ3) is 4.59. The third-order valence-corrected chi connectivity index (χ3v) is 6.66. The summed E-state index contributed by atoms with van der Waals surface area (Å²) in [6, 6.07) is 1.55. The molecule has 0 bridgehead atoms. The lowest BCUT2D eigenvalue weighted by molar-refractivity contribution is -0.117. The van der Waals surface area contributed by atoms with E-state index in [1.165, 1.54) is 0 Å². The Hall–Kier alpha value is -1.45. The lowest BCUT2D eigenvalue weighted by Crippen LogP contribution is -2.41. The lowest BCUT2D eigenvalue weighted by atomic mass is 9.99. The van der Waals surface area contributed by atoms with Gasteiger partial charge >= 0.3 is 0 Å². The number of hydrogen-bond donors (Lipinski definition) is 2. The second-order valence-corrected chi connectivity index (χ2v) is 9.38. The molecule has 2 aliphatic heterocycles. The molecule has 3 rings (SSSR count). The molecule has 2 fully saturated rings. The van der Waals surface area contributed by atoms with Crippen molar-refractivity contribution in [2.24, 2.45) is 5.92 Å². The molecule has 140 valence electrons. The number of carbonyl (C=O) groups excluding carboxylic acids is 1. The van der Waals surface area contributed by atoms with Crippen molar-refractivity contribution in [2.45, 2.75) is 32.2 Å². The minimum absolute atomic E-state index is 0.0707. The highest BCUT2D eigenvalue weighted by Crippen LogP contribution is 2.27. The summed E-state index contributed by atoms with van der Waals surface area (Å²) in [5.41, 5.74) is 0.748. The highest BCUT2D eigenvalue weighted by molar-refractivity contribution is 7.91. The molecule has 3 heterocycles. The van der Waals surface area contributed by atoms with E-state index < -0.39 is 9.84 Å². The van der Waals surface area contributed by atoms with Gasteiger partial charge in [0.25, 0.3) is 0 Å². The molecule has 2 saturated heterocycles. The molecule has 0 spiro atoms. The van der Waals surface area contributed by atoms with E-state index in [2.05, 4.69) is 10.4 Å². The maximum Gasteiger partial charge on any atom is 0.239 e. The number of amides is 1. The fourth-order valence-corrected chi connectivity index (χ4v) is 5.38. The van der Waals surface area contributed by atoms with Crippen LogP contribution in [0.3, 0.4) is 0 Å². The molecular weight excluding hydrogens is 344 g/mol. The number of aromatic nitrogens is 2. The number of sulfone groups is 1. The van der Waals surface area contributed by atoms with Gasteiger partial charge in [-0.05, 0) is 38.6 Å². The highest BCUT2D eigenvalue weighted by Gasteiger charge is 2.31. The maximum atomic E-state index is 12.4. The standard InChI is InChI=1S/C16H26N4O4S/c1-12-7-15(20(18-12)14-4-6-25(23,24)11-14)17-16(22)9-19-5-2-3-13(8-19)10-21/h7,13-14,21H,2-6,8-11H2,1H3,(H,17,22)/t13-,14+/m0/s1. The fraction of sp³-hybridized carbons (Fsp3) is 0.750. The Morgan fingerprint density at radius 3 is 2.92 bits per heavy atom. The third-order valence-electron chi connectivity index (χ3n) is 4.91. The van der Waals surface area contributed by atoms with E-state index >= 15 is 0 Å². The van der Waals surface area contributed by atoms with Crippen LogP contribution in [-0.2, 0) is 14.6 Å². The van der Waals surface area contributed by atoms with Crippen molar-refractivity contribution in [3.63, 3.8) is 0 Å². The van der Waals surface area contributed by atoms with Gasteiger partial charge in [-0.15, -0.1) is 0 Å². The van der Waals surface area contributed by atoms with E-state index in [-0.39, 0.29) is 42.5 Å². The van der Waals surface area contributed by atoms with Gasteiger partial charge in [-0.25, -0.2) is 13.1 Å². The molecule has 2 N–H and O–H groups in total. The van der Waals surface area contributed by atoms with Crippen molar-refractivity contribution in [1.29, 1.82) is 0 Å². The number of aryl methyl sites for hydroxylation is 1. The van der Waals surface area contributed by atoms with Crippen LogP contribution in [-0.4, -0.2) is 71.9 Å². The van der Waals surface area contributed by atoms with Crippen LogP contribution < -0.4 is 5.32 Å². The Labute approximate surface area is 148 Å². The topological polar surface area (TPSA) is 105 Å². The van der Waals surface area contributed by atoms with E-state index in [9.17, 15) is 18.3 Å². The number of hydrogen-bond acceptors (Lipinski definition) is 6. The largest absolute Gasteiger partial charge is 0.396 e. The highest BCUT2D eigenvalue weighted by atomic mass is 32.2. The molecule has 0 aromatic carbocycles. The SMILES string of the molecule is Cc1cc(NC(=O)CN2CCC[C@H](CO)C2)n([C@@H]2CCS(=O)(=O)C2)n1. The van der Waals surface area contributed by atoms with Gasteiger partial charge in [0.2, 0.25) is 5.91 Å². The molecule has 0 aliphatic carbocycles. The van der Waals surface area contributed by atoms with E-state index in [1.54, 1.807) is 10.7 Å². The van der Waals surface area contributed by atoms with E-state index in [0.29, 0.717) is 12.2 Å². The number of rotatable bonds is 5. The Bertz CT molecular complexity index is 730. The first-order chi connectivity index (χ1) is 11.9. The molecular formula is C16H26N4O4S. The number of nitrogens with zero attached hydrogens (tertiary/aromatic N) is 3. The van der Waals surface area contributed by atoms with Crippen LogP contribution in [0.25, 0.3) is 0 Å². The number of anilines is 1. The van der Waals surface area contributed by atoms with E-state index in [1.807, 2.05) is 11.8 Å². The minimum Gasteiger partial charge on any atom is -0.396 e. The maximum absolute atomic E-state index is 12.4. The molecule has 25 heavy (non-hydrogen) atoms. The molecule has 1 amide bonds. The zero-order chi connectivity index (χ0) is 18.0. The zero-order valence-electron chi connectivity index (χ0n) is 14.5. The van der Waals surface area contributed by atoms with Gasteiger partial charge in [0, 0.05) is 19.2 Å². The van der Waals surface area contributed by atoms with Crippen molar-refractivity contribution >= 4 is 21.6 Å². The molecule has 2 aliphatic rings. The first-order valence-electron chi connectivity index (χ1n) is 8.76. The van der Waals surface area contributed by atoms with Crippen LogP contribution >= 0.6 is 0 Å². The van der Waals surface area contributed by atoms with Crippen LogP contribution in [0.2, 0.25) is 0 Å². The second kappa shape index (κ2) is 7.43. The summed E-state index contributed by atoms with van der Waals surface area (Å²) in [5, 5.41) is 16.5. The predicted molar refractivity (Wildman–Crippen MR) is 94.2 cm³/mol. The van der Waals surface area contributed by atoms with Gasteiger partial charge < -0.3 is 10.4 Å². The quantitative estimate of drug-likeness (QED) is 0.767. The first-order valence-corrected chi connectivity index (χ1v) is 10.6. The summed E-state index contributed by atoms with van der Waals surface area (Å²) in [6.07, 6.45) is 2.50. The van der Waals surface area contributed by atoms with Crippen LogP contribution in [0.1, 0.15) is 31.0 Å². The molecule has 0 saturated carbocycles. The van der Waals surface area contributed by atoms with Crippen LogP contribution in [0, 0.1) is 12.8 Å². The number of likely N-dealkylation sites (tertiary alicyclic amines) is 1. The smallest absolute Gasteiger partial charge is 0.239 e. The minimum atomic E-state index is -3.02. The van der Waals surface area contributed by atoms with Crippen molar-refractivity contribution in [3.05, 3.63) is 11.8 Å². The normalized spacial score (nSPS) is 26.6. The molecule has 8 nitrogen and oxygen atoms in total. The van der Waals surface area contributed by atoms with Gasteiger partial charge in [-0.2, -0.15) is 5.10 Å². The van der Waals surface area contributed by atoms with Crippen molar-refractivity contribution in [3.8, 4) is 0 Å². The Morgan fingerprint density at radius 2 is 2.24 bits per heavy atom. The first kappa shape index (κ1) is 18.3. The predicted octanol–water partition coefficient (Wildman–Crippen LogP) is 0.194. The zero-order valence-corrected chi connectivity index (χ0v) is 15.3. The monoisotopic (exact) mass is 370 g/mol. The summed E-state index contributed by atoms with van der Waals surface area (Å²) < 4.78 is 25.1. The van der Waals surface area contributed by atoms with Crippen LogP contribution in [0.4, 0.5) is 5.82 Å². The van der Waals surface area contributed by atoms with Crippen LogP contribution in [0.5, 0.6) is 0 Å². The molecule has 2 atom stereocenters. The van der Waals surface area contributed by atoms with Gasteiger partial charge in [0.1, 0.15) is 5.82 Å². The van der Waals surface area contributed by atoms with E-state index in [4.69, 9.17) is 0 Å². The Balaban J connectivity index is 1.64. The van der Waals surface area contributed by atoms with Gasteiger partial charge in [-0.3, -0.25) is 9.69 Å². The average Bonchev–Trinajstić information content (AvgIpc) is 3.09. The molecule has 0 unspecified atom stereocenters. The average molecular weight is 370 g/mol. The summed E-state index contributed by atoms with van der Waals surface area (Å²) in [7, 11) is -3.02. The van der Waals surface area contributed by atoms with Gasteiger partial charge in [0.15, 0.2) is 9.84 Å². The number of piperidine rings is 1. The van der Waals surface area contributed by atoms with Crippen molar-refractivity contribution in [1.82, 2.24) is 14.7 Å². The summed E-state index contributed by atoms with van der Waals surface area (Å²) in [6.45, 7) is 3.82. The van der Waals surface area contributed by atoms with Crippen molar-refractivity contribution in [2.75, 3.05) is 43.1 Å². The summed E-state index contributed by atoms with van der Waals surface area (Å²) in [5.74, 6) is 0.889. The number of aliphatic hydroxyl groups excluding tert-OH is 1. The van der Waals surface area contributed by atoms with Gasteiger partial charge in [-0.1, -0.05) is 0 Å². The van der Waals surface area contributed by atoms with Crippen LogP contribution in [0.15, 0.2) is 6.07 Å². The molecule has 1 aromatic heterocycles. The number of aliphatic hydroxyl groups is 1. The fourth-order valence-electron chi connectivity index (χ4n) is 3.69. The molecule has 9 heteroatoms. The Kier molecular flexibility index (Phi) is 5.45.